The van der Waals surface area contributed by atoms with E-state index in [1.807, 2.05) is 25.1 Å². The monoisotopic (exact) mass is 389 g/mol. The Morgan fingerprint density at radius 2 is 2.25 bits per heavy atom. The van der Waals surface area contributed by atoms with E-state index in [4.69, 9.17) is 4.74 Å². The summed E-state index contributed by atoms with van der Waals surface area (Å²) in [5.74, 6) is 0.700. The molecule has 24 heavy (non-hydrogen) atoms. The van der Waals surface area contributed by atoms with Crippen molar-refractivity contribution >= 4 is 28.1 Å². The number of aryl methyl sites for hydroxylation is 1. The van der Waals surface area contributed by atoms with Crippen molar-refractivity contribution in [1.29, 1.82) is 0 Å². The molecule has 2 rings (SSSR count). The first kappa shape index (κ1) is 18.1. The molecule has 0 unspecified atom stereocenters. The topological polar surface area (TPSA) is 63.6 Å². The fourth-order valence-electron chi connectivity index (χ4n) is 2.05. The summed E-state index contributed by atoms with van der Waals surface area (Å²) in [4.78, 5) is 15.8. The molecule has 0 bridgehead atoms. The lowest BCUT2D eigenvalue weighted by Crippen LogP contribution is -2.25. The number of nitrogens with one attached hydrogen (secondary N) is 1. The van der Waals surface area contributed by atoms with Crippen LogP contribution in [0.25, 0.3) is 0 Å². The molecule has 0 fully saturated rings. The minimum absolute atomic E-state index is 0.0921. The number of pyridine rings is 1. The minimum atomic E-state index is -0.314. The van der Waals surface area contributed by atoms with Crippen molar-refractivity contribution in [3.63, 3.8) is 0 Å². The number of benzene rings is 1. The van der Waals surface area contributed by atoms with Gasteiger partial charge >= 0.3 is 0 Å². The van der Waals surface area contributed by atoms with Crippen molar-refractivity contribution in [3.05, 3.63) is 57.8 Å². The Bertz CT molecular complexity index is 731. The fourth-order valence-corrected chi connectivity index (χ4v) is 2.41. The van der Waals surface area contributed by atoms with Gasteiger partial charge in [0.25, 0.3) is 5.91 Å². The van der Waals surface area contributed by atoms with E-state index in [0.29, 0.717) is 5.92 Å². The van der Waals surface area contributed by atoms with Crippen LogP contribution in [0, 0.1) is 6.92 Å². The maximum absolute atomic E-state index is 11.9. The molecule has 1 heterocycles. The lowest BCUT2D eigenvalue weighted by Gasteiger charge is -2.15. The van der Waals surface area contributed by atoms with Gasteiger partial charge in [-0.25, -0.2) is 5.43 Å². The van der Waals surface area contributed by atoms with Gasteiger partial charge in [-0.05, 0) is 42.2 Å². The van der Waals surface area contributed by atoms with Crippen LogP contribution in [0.4, 0.5) is 0 Å². The third-order valence-electron chi connectivity index (χ3n) is 3.36. The highest BCUT2D eigenvalue weighted by Gasteiger charge is 2.12. The van der Waals surface area contributed by atoms with Crippen molar-refractivity contribution in [2.24, 2.45) is 5.10 Å². The number of amides is 1. The van der Waals surface area contributed by atoms with Gasteiger partial charge in [-0.1, -0.05) is 35.8 Å². The molecule has 1 N–H and O–H groups in total. The second-order valence-corrected chi connectivity index (χ2v) is 6.52. The van der Waals surface area contributed by atoms with E-state index in [1.54, 1.807) is 18.5 Å². The number of carbonyl (C=O) groups is 1. The number of ether oxygens (including phenoxy) is 1. The van der Waals surface area contributed by atoms with Crippen LogP contribution in [-0.4, -0.2) is 23.7 Å². The maximum atomic E-state index is 11.9. The van der Waals surface area contributed by atoms with Gasteiger partial charge in [-0.3, -0.25) is 9.78 Å². The van der Waals surface area contributed by atoms with Crippen LogP contribution in [0.1, 0.15) is 36.5 Å². The van der Waals surface area contributed by atoms with Gasteiger partial charge in [-0.15, -0.1) is 0 Å². The molecule has 5 nitrogen and oxygen atoms in total. The van der Waals surface area contributed by atoms with Gasteiger partial charge in [0.15, 0.2) is 6.61 Å². The van der Waals surface area contributed by atoms with E-state index in [1.165, 1.54) is 6.21 Å². The Labute approximate surface area is 150 Å². The highest BCUT2D eigenvalue weighted by molar-refractivity contribution is 9.10. The number of carbonyl (C=O) groups excluding carboxylic acids is 1. The van der Waals surface area contributed by atoms with E-state index in [9.17, 15) is 4.79 Å². The number of hydrogen-bond donors (Lipinski definition) is 1. The summed E-state index contributed by atoms with van der Waals surface area (Å²) < 4.78 is 6.71. The summed E-state index contributed by atoms with van der Waals surface area (Å²) in [6.45, 7) is 6.06. The molecular weight excluding hydrogens is 370 g/mol. The SMILES string of the molecule is Cc1cc(OCC(=O)N/N=C/c2cccnc2)c(C(C)C)cc1Br. The van der Waals surface area contributed by atoms with Crippen LogP contribution < -0.4 is 10.2 Å². The van der Waals surface area contributed by atoms with Crippen molar-refractivity contribution in [2.75, 3.05) is 6.61 Å². The lowest BCUT2D eigenvalue weighted by atomic mass is 10.0. The predicted molar refractivity (Wildman–Crippen MR) is 98.4 cm³/mol. The lowest BCUT2D eigenvalue weighted by molar-refractivity contribution is -0.123. The Kier molecular flexibility index (Phi) is 6.49. The van der Waals surface area contributed by atoms with Crippen LogP contribution in [0.5, 0.6) is 5.75 Å². The van der Waals surface area contributed by atoms with Crippen LogP contribution in [0.3, 0.4) is 0 Å². The summed E-state index contributed by atoms with van der Waals surface area (Å²) in [5.41, 5.74) is 5.37. The van der Waals surface area contributed by atoms with E-state index >= 15 is 0 Å². The second kappa shape index (κ2) is 8.59. The number of hydrazone groups is 1. The summed E-state index contributed by atoms with van der Waals surface area (Å²) in [6, 6.07) is 7.62. The molecule has 0 aliphatic heterocycles. The quantitative estimate of drug-likeness (QED) is 0.603. The number of hydrogen-bond acceptors (Lipinski definition) is 4. The van der Waals surface area contributed by atoms with Gasteiger partial charge < -0.3 is 4.74 Å². The highest BCUT2D eigenvalue weighted by Crippen LogP contribution is 2.32. The van der Waals surface area contributed by atoms with E-state index in [2.05, 4.69) is 45.3 Å². The average Bonchev–Trinajstić information content (AvgIpc) is 2.56. The average molecular weight is 390 g/mol. The zero-order chi connectivity index (χ0) is 17.5. The van der Waals surface area contributed by atoms with Gasteiger partial charge in [0.1, 0.15) is 5.75 Å². The third-order valence-corrected chi connectivity index (χ3v) is 4.21. The summed E-state index contributed by atoms with van der Waals surface area (Å²) in [6.07, 6.45) is 4.87. The Morgan fingerprint density at radius 1 is 1.46 bits per heavy atom. The molecule has 0 saturated carbocycles. The first-order valence-corrected chi connectivity index (χ1v) is 8.41. The number of nitrogens with zero attached hydrogens (tertiary/aromatic N) is 2. The maximum Gasteiger partial charge on any atom is 0.277 e. The number of halogens is 1. The molecule has 126 valence electrons. The molecule has 2 aromatic rings. The molecule has 0 aliphatic carbocycles. The van der Waals surface area contributed by atoms with Crippen molar-refractivity contribution in [3.8, 4) is 5.75 Å². The first-order valence-electron chi connectivity index (χ1n) is 7.62. The highest BCUT2D eigenvalue weighted by atomic mass is 79.9. The molecule has 0 radical (unpaired) electrons. The van der Waals surface area contributed by atoms with Crippen LogP contribution in [0.2, 0.25) is 0 Å². The third kappa shape index (κ3) is 5.16. The number of aromatic nitrogens is 1. The summed E-state index contributed by atoms with van der Waals surface area (Å²) >= 11 is 3.53. The van der Waals surface area contributed by atoms with Crippen LogP contribution in [0.15, 0.2) is 46.2 Å². The zero-order valence-corrected chi connectivity index (χ0v) is 15.5. The largest absolute Gasteiger partial charge is 0.483 e. The van der Waals surface area contributed by atoms with E-state index < -0.39 is 0 Å². The van der Waals surface area contributed by atoms with E-state index in [-0.39, 0.29) is 12.5 Å². The molecule has 0 atom stereocenters. The normalized spacial score (nSPS) is 11.0. The molecule has 0 spiro atoms. The summed E-state index contributed by atoms with van der Waals surface area (Å²) in [7, 11) is 0. The smallest absolute Gasteiger partial charge is 0.277 e. The van der Waals surface area contributed by atoms with Gasteiger partial charge in [0.2, 0.25) is 0 Å². The van der Waals surface area contributed by atoms with E-state index in [0.717, 1.165) is 26.9 Å². The van der Waals surface area contributed by atoms with Crippen LogP contribution >= 0.6 is 15.9 Å². The molecule has 1 aromatic heterocycles. The molecular formula is C18H20BrN3O2. The molecule has 1 amide bonds. The second-order valence-electron chi connectivity index (χ2n) is 5.66. The van der Waals surface area contributed by atoms with Crippen molar-refractivity contribution < 1.29 is 9.53 Å². The minimum Gasteiger partial charge on any atom is -0.483 e. The standard InChI is InChI=1S/C18H20BrN3O2/c1-12(2)15-8-16(19)13(3)7-17(15)24-11-18(23)22-21-10-14-5-4-6-20-9-14/h4-10,12H,11H2,1-3H3,(H,22,23)/b21-10+. The molecule has 0 saturated heterocycles. The predicted octanol–water partition coefficient (Wildman–Crippen LogP) is 3.81. The first-order chi connectivity index (χ1) is 11.5. The Hall–Kier alpha value is -2.21. The molecule has 1 aromatic carbocycles. The summed E-state index contributed by atoms with van der Waals surface area (Å²) in [5, 5.41) is 3.89. The molecule has 0 aliphatic rings. The Balaban J connectivity index is 1.94. The fraction of sp³-hybridized carbons (Fsp3) is 0.278. The van der Waals surface area contributed by atoms with Crippen molar-refractivity contribution in [2.45, 2.75) is 26.7 Å². The number of rotatable bonds is 6. The van der Waals surface area contributed by atoms with Gasteiger partial charge in [-0.2, -0.15) is 5.10 Å². The van der Waals surface area contributed by atoms with Crippen LogP contribution in [-0.2, 0) is 4.79 Å². The molecule has 6 heteroatoms. The van der Waals surface area contributed by atoms with Crippen molar-refractivity contribution in [1.82, 2.24) is 10.4 Å². The zero-order valence-electron chi connectivity index (χ0n) is 13.9. The Morgan fingerprint density at radius 3 is 2.92 bits per heavy atom. The van der Waals surface area contributed by atoms with Gasteiger partial charge in [0, 0.05) is 22.4 Å². The van der Waals surface area contributed by atoms with Gasteiger partial charge in [0.05, 0.1) is 6.21 Å².